The standard InChI is InChI=1S/C21H17Cl2NO3/c1-21(2,3)24-19-16(15-12(22)8-6-9-13(15)23)17-18(27-19)11-7-4-5-10-14(11)26-20(17)25/h4-10,24H,1-3H3. The van der Waals surface area contributed by atoms with E-state index in [1.54, 1.807) is 30.3 Å². The smallest absolute Gasteiger partial charge is 0.348 e. The molecule has 0 aliphatic rings. The van der Waals surface area contributed by atoms with Crippen LogP contribution in [0.1, 0.15) is 20.8 Å². The van der Waals surface area contributed by atoms with E-state index in [9.17, 15) is 4.79 Å². The molecule has 4 aromatic rings. The van der Waals surface area contributed by atoms with Gasteiger partial charge >= 0.3 is 5.63 Å². The van der Waals surface area contributed by atoms with Gasteiger partial charge in [0.15, 0.2) is 5.58 Å². The van der Waals surface area contributed by atoms with E-state index in [0.29, 0.717) is 49.0 Å². The number of anilines is 1. The van der Waals surface area contributed by atoms with Crippen LogP contribution >= 0.6 is 23.2 Å². The third-order valence-corrected chi connectivity index (χ3v) is 4.78. The van der Waals surface area contributed by atoms with Crippen LogP contribution in [0.5, 0.6) is 0 Å². The van der Waals surface area contributed by atoms with Crippen molar-refractivity contribution < 1.29 is 8.83 Å². The Kier molecular flexibility index (Phi) is 4.21. The molecule has 6 heteroatoms. The molecule has 0 atom stereocenters. The molecular formula is C21H17Cl2NO3. The van der Waals surface area contributed by atoms with Gasteiger partial charge in [-0.3, -0.25) is 0 Å². The summed E-state index contributed by atoms with van der Waals surface area (Å²) in [5, 5.41) is 5.19. The molecule has 0 amide bonds. The van der Waals surface area contributed by atoms with Crippen molar-refractivity contribution in [3.05, 3.63) is 62.9 Å². The molecule has 0 spiro atoms. The Morgan fingerprint density at radius 3 is 2.22 bits per heavy atom. The number of benzene rings is 2. The van der Waals surface area contributed by atoms with Crippen LogP contribution in [0.2, 0.25) is 10.0 Å². The lowest BCUT2D eigenvalue weighted by molar-refractivity contribution is 0.557. The summed E-state index contributed by atoms with van der Waals surface area (Å²) >= 11 is 12.9. The van der Waals surface area contributed by atoms with Crippen LogP contribution in [0.4, 0.5) is 5.88 Å². The minimum atomic E-state index is -0.500. The average Bonchev–Trinajstić information content (AvgIpc) is 2.93. The van der Waals surface area contributed by atoms with Crippen molar-refractivity contribution in [2.24, 2.45) is 0 Å². The van der Waals surface area contributed by atoms with Crippen molar-refractivity contribution >= 4 is 51.0 Å². The van der Waals surface area contributed by atoms with E-state index in [0.717, 1.165) is 0 Å². The second-order valence-corrected chi connectivity index (χ2v) is 8.18. The lowest BCUT2D eigenvalue weighted by Gasteiger charge is -2.21. The zero-order valence-corrected chi connectivity index (χ0v) is 16.5. The van der Waals surface area contributed by atoms with Crippen LogP contribution in [-0.2, 0) is 0 Å². The maximum atomic E-state index is 12.8. The highest BCUT2D eigenvalue weighted by Crippen LogP contribution is 2.45. The maximum absolute atomic E-state index is 12.8. The van der Waals surface area contributed by atoms with E-state index in [1.807, 2.05) is 32.9 Å². The van der Waals surface area contributed by atoms with E-state index >= 15 is 0 Å². The van der Waals surface area contributed by atoms with E-state index < -0.39 is 5.63 Å². The molecule has 0 fully saturated rings. The first-order valence-corrected chi connectivity index (χ1v) is 9.23. The second kappa shape index (κ2) is 6.32. The number of furan rings is 1. The monoisotopic (exact) mass is 401 g/mol. The van der Waals surface area contributed by atoms with E-state index in [1.165, 1.54) is 0 Å². The summed E-state index contributed by atoms with van der Waals surface area (Å²) in [5.41, 5.74) is 1.14. The fraction of sp³-hybridized carbons (Fsp3) is 0.190. The first kappa shape index (κ1) is 18.0. The van der Waals surface area contributed by atoms with Crippen LogP contribution in [0.25, 0.3) is 33.1 Å². The highest BCUT2D eigenvalue weighted by Gasteiger charge is 2.27. The zero-order chi connectivity index (χ0) is 19.3. The van der Waals surface area contributed by atoms with Crippen LogP contribution in [-0.4, -0.2) is 5.54 Å². The Hall–Kier alpha value is -2.43. The zero-order valence-electron chi connectivity index (χ0n) is 15.0. The van der Waals surface area contributed by atoms with Gasteiger partial charge in [-0.1, -0.05) is 41.4 Å². The summed E-state index contributed by atoms with van der Waals surface area (Å²) in [4.78, 5) is 12.8. The van der Waals surface area contributed by atoms with Crippen LogP contribution in [0, 0.1) is 0 Å². The molecule has 138 valence electrons. The van der Waals surface area contributed by atoms with Crippen molar-refractivity contribution in [1.29, 1.82) is 0 Å². The van der Waals surface area contributed by atoms with Crippen LogP contribution < -0.4 is 10.9 Å². The lowest BCUT2D eigenvalue weighted by Crippen LogP contribution is -2.26. The Bertz CT molecular complexity index is 1210. The van der Waals surface area contributed by atoms with Crippen LogP contribution in [0.3, 0.4) is 0 Å². The average molecular weight is 402 g/mol. The van der Waals surface area contributed by atoms with Crippen molar-refractivity contribution in [3.63, 3.8) is 0 Å². The van der Waals surface area contributed by atoms with Gasteiger partial charge in [0.25, 0.3) is 0 Å². The van der Waals surface area contributed by atoms with Gasteiger partial charge in [0.1, 0.15) is 11.0 Å². The van der Waals surface area contributed by atoms with E-state index in [2.05, 4.69) is 5.32 Å². The third-order valence-electron chi connectivity index (χ3n) is 4.15. The maximum Gasteiger partial charge on any atom is 0.348 e. The van der Waals surface area contributed by atoms with Gasteiger partial charge in [-0.15, -0.1) is 0 Å². The minimum absolute atomic E-state index is 0.313. The fourth-order valence-electron chi connectivity index (χ4n) is 3.11. The number of fused-ring (bicyclic) bond motifs is 3. The minimum Gasteiger partial charge on any atom is -0.439 e. The van der Waals surface area contributed by atoms with Gasteiger partial charge < -0.3 is 14.2 Å². The fourth-order valence-corrected chi connectivity index (χ4v) is 3.70. The van der Waals surface area contributed by atoms with Gasteiger partial charge in [0.05, 0.1) is 21.0 Å². The molecule has 0 saturated carbocycles. The van der Waals surface area contributed by atoms with Crippen molar-refractivity contribution in [2.45, 2.75) is 26.3 Å². The summed E-state index contributed by atoms with van der Waals surface area (Å²) in [6, 6.07) is 12.5. The largest absolute Gasteiger partial charge is 0.439 e. The molecule has 4 rings (SSSR count). The lowest BCUT2D eigenvalue weighted by atomic mass is 10.0. The number of rotatable bonds is 2. The van der Waals surface area contributed by atoms with E-state index in [4.69, 9.17) is 32.0 Å². The topological polar surface area (TPSA) is 55.4 Å². The highest BCUT2D eigenvalue weighted by molar-refractivity contribution is 6.40. The van der Waals surface area contributed by atoms with Crippen molar-refractivity contribution in [2.75, 3.05) is 5.32 Å². The summed E-state index contributed by atoms with van der Waals surface area (Å²) in [6.45, 7) is 6.00. The highest BCUT2D eigenvalue weighted by atomic mass is 35.5. The number of halogens is 2. The summed E-state index contributed by atoms with van der Waals surface area (Å²) < 4.78 is 11.7. The molecule has 0 bridgehead atoms. The Balaban J connectivity index is 2.20. The number of nitrogens with one attached hydrogen (secondary N) is 1. The SMILES string of the molecule is CC(C)(C)Nc1oc2c(c1-c1c(Cl)cccc1Cl)c(=O)oc1ccccc12. The van der Waals surface area contributed by atoms with Gasteiger partial charge in [0, 0.05) is 11.1 Å². The molecular weight excluding hydrogens is 385 g/mol. The molecule has 4 nitrogen and oxygen atoms in total. The third kappa shape index (κ3) is 3.09. The Morgan fingerprint density at radius 1 is 0.889 bits per heavy atom. The molecule has 0 saturated heterocycles. The molecule has 0 unspecified atom stereocenters. The normalized spacial score (nSPS) is 12.0. The first-order chi connectivity index (χ1) is 12.8. The van der Waals surface area contributed by atoms with Gasteiger partial charge in [-0.05, 0) is 45.0 Å². The van der Waals surface area contributed by atoms with Gasteiger partial charge in [-0.25, -0.2) is 4.79 Å². The Labute approximate surface area is 165 Å². The molecule has 2 heterocycles. The first-order valence-electron chi connectivity index (χ1n) is 8.47. The van der Waals surface area contributed by atoms with Gasteiger partial charge in [-0.2, -0.15) is 0 Å². The summed E-state index contributed by atoms with van der Waals surface area (Å²) in [6.07, 6.45) is 0. The molecule has 0 aliphatic carbocycles. The predicted molar refractivity (Wildman–Crippen MR) is 111 cm³/mol. The van der Waals surface area contributed by atoms with Gasteiger partial charge in [0.2, 0.25) is 5.88 Å². The summed E-state index contributed by atoms with van der Waals surface area (Å²) in [5.74, 6) is 0.427. The quantitative estimate of drug-likeness (QED) is 0.378. The number of para-hydroxylation sites is 1. The van der Waals surface area contributed by atoms with Crippen molar-refractivity contribution in [1.82, 2.24) is 0 Å². The molecule has 1 N–H and O–H groups in total. The second-order valence-electron chi connectivity index (χ2n) is 7.37. The van der Waals surface area contributed by atoms with Crippen molar-refractivity contribution in [3.8, 4) is 11.1 Å². The Morgan fingerprint density at radius 2 is 1.56 bits per heavy atom. The molecule has 2 aromatic heterocycles. The molecule has 0 radical (unpaired) electrons. The molecule has 27 heavy (non-hydrogen) atoms. The summed E-state index contributed by atoms with van der Waals surface area (Å²) in [7, 11) is 0. The molecule has 0 aliphatic heterocycles. The van der Waals surface area contributed by atoms with E-state index in [-0.39, 0.29) is 5.54 Å². The van der Waals surface area contributed by atoms with Crippen LogP contribution in [0.15, 0.2) is 56.1 Å². The molecule has 2 aromatic carbocycles. The number of hydrogen-bond donors (Lipinski definition) is 1. The number of hydrogen-bond acceptors (Lipinski definition) is 4. The predicted octanol–water partition coefficient (Wildman–Crippen LogP) is 6.72.